The molecular weight excluding hydrogens is 176 g/mol. The summed E-state index contributed by atoms with van der Waals surface area (Å²) in [6, 6.07) is 0. The molecule has 0 aromatic carbocycles. The van der Waals surface area contributed by atoms with Crippen LogP contribution in [0.4, 0.5) is 0 Å². The topological polar surface area (TPSA) is 46.5 Å². The number of carboxylic acids is 1. The van der Waals surface area contributed by atoms with Crippen LogP contribution < -0.4 is 0 Å². The van der Waals surface area contributed by atoms with E-state index in [9.17, 15) is 4.79 Å². The highest BCUT2D eigenvalue weighted by Crippen LogP contribution is 2.12. The quantitative estimate of drug-likeness (QED) is 0.495. The fraction of sp³-hybridized carbons (Fsp3) is 0.875. The minimum Gasteiger partial charge on any atom is -0.479 e. The summed E-state index contributed by atoms with van der Waals surface area (Å²) in [5.74, 6) is -0.110. The van der Waals surface area contributed by atoms with Crippen molar-refractivity contribution in [1.29, 1.82) is 0 Å². The van der Waals surface area contributed by atoms with Crippen molar-refractivity contribution in [3.05, 3.63) is 0 Å². The second-order valence-corrected chi connectivity index (χ2v) is 3.69. The van der Waals surface area contributed by atoms with Crippen molar-refractivity contribution in [3.63, 3.8) is 0 Å². The van der Waals surface area contributed by atoms with Crippen LogP contribution in [0.2, 0.25) is 0 Å². The molecule has 0 aromatic heterocycles. The number of hydrogen-bond acceptors (Lipinski definition) is 3. The lowest BCUT2D eigenvalue weighted by Gasteiger charge is -2.11. The Morgan fingerprint density at radius 1 is 1.58 bits per heavy atom. The molecule has 0 radical (unpaired) electrons. The van der Waals surface area contributed by atoms with E-state index in [4.69, 9.17) is 9.84 Å². The maximum absolute atomic E-state index is 10.5. The first-order chi connectivity index (χ1) is 5.72. The van der Waals surface area contributed by atoms with Crippen LogP contribution in [0.25, 0.3) is 0 Å². The summed E-state index contributed by atoms with van der Waals surface area (Å²) < 4.78 is 5.15. The van der Waals surface area contributed by atoms with Gasteiger partial charge in [-0.15, -0.1) is 11.8 Å². The Hall–Kier alpha value is -0.220. The normalized spacial score (nSPS) is 12.8. The first-order valence-electron chi connectivity index (χ1n) is 4.18. The third-order valence-corrected chi connectivity index (χ3v) is 2.26. The van der Waals surface area contributed by atoms with Gasteiger partial charge in [-0.3, -0.25) is 0 Å². The van der Waals surface area contributed by atoms with Crippen molar-refractivity contribution in [1.82, 2.24) is 0 Å². The van der Waals surface area contributed by atoms with E-state index in [-0.39, 0.29) is 0 Å². The van der Waals surface area contributed by atoms with Crippen LogP contribution in [0.1, 0.15) is 26.7 Å². The second kappa shape index (κ2) is 7.43. The van der Waals surface area contributed by atoms with Crippen LogP contribution >= 0.6 is 11.8 Å². The third-order valence-electron chi connectivity index (χ3n) is 1.29. The number of rotatable bonds is 7. The van der Waals surface area contributed by atoms with E-state index in [0.717, 1.165) is 18.6 Å². The number of carbonyl (C=O) groups is 1. The zero-order chi connectivity index (χ0) is 9.40. The molecule has 0 bridgehead atoms. The maximum atomic E-state index is 10.5. The minimum absolute atomic E-state index is 0.542. The lowest BCUT2D eigenvalue weighted by atomic mass is 10.4. The molecule has 4 heteroatoms. The minimum atomic E-state index is -0.877. The summed E-state index contributed by atoms with van der Waals surface area (Å²) in [4.78, 5) is 10.5. The fourth-order valence-electron chi connectivity index (χ4n) is 0.677. The molecule has 12 heavy (non-hydrogen) atoms. The molecule has 0 saturated carbocycles. The molecule has 0 fully saturated rings. The van der Waals surface area contributed by atoms with Crippen molar-refractivity contribution in [2.24, 2.45) is 0 Å². The van der Waals surface area contributed by atoms with Gasteiger partial charge < -0.3 is 9.84 Å². The largest absolute Gasteiger partial charge is 0.479 e. The molecule has 1 atom stereocenters. The van der Waals surface area contributed by atoms with Gasteiger partial charge in [-0.2, -0.15) is 0 Å². The monoisotopic (exact) mass is 192 g/mol. The Labute approximate surface area is 77.5 Å². The average molecular weight is 192 g/mol. The van der Waals surface area contributed by atoms with Crippen molar-refractivity contribution < 1.29 is 14.6 Å². The molecule has 1 unspecified atom stereocenters. The van der Waals surface area contributed by atoms with Crippen molar-refractivity contribution in [2.75, 3.05) is 12.4 Å². The summed E-state index contributed by atoms with van der Waals surface area (Å²) in [5.41, 5.74) is -0.679. The predicted molar refractivity (Wildman–Crippen MR) is 50.4 cm³/mol. The average Bonchev–Trinajstić information content (AvgIpc) is 2.03. The molecular formula is C8H16O3S. The van der Waals surface area contributed by atoms with Crippen LogP contribution in [-0.4, -0.2) is 28.9 Å². The molecule has 3 nitrogen and oxygen atoms in total. The SMILES string of the molecule is CCCCOC(SCC)C(=O)O. The predicted octanol–water partition coefficient (Wildman–Crippen LogP) is 1.97. The van der Waals surface area contributed by atoms with Crippen LogP contribution in [-0.2, 0) is 9.53 Å². The number of aliphatic carboxylic acids is 1. The van der Waals surface area contributed by atoms with Crippen LogP contribution in [0, 0.1) is 0 Å². The van der Waals surface area contributed by atoms with Gasteiger partial charge in [-0.25, -0.2) is 4.79 Å². The molecule has 0 aliphatic rings. The van der Waals surface area contributed by atoms with E-state index in [1.807, 2.05) is 13.8 Å². The highest BCUT2D eigenvalue weighted by molar-refractivity contribution is 8.00. The van der Waals surface area contributed by atoms with Gasteiger partial charge in [0.1, 0.15) is 0 Å². The van der Waals surface area contributed by atoms with E-state index in [1.165, 1.54) is 11.8 Å². The Balaban J connectivity index is 3.56. The lowest BCUT2D eigenvalue weighted by molar-refractivity contribution is -0.144. The highest BCUT2D eigenvalue weighted by Gasteiger charge is 2.16. The van der Waals surface area contributed by atoms with Crippen LogP contribution in [0.3, 0.4) is 0 Å². The van der Waals surface area contributed by atoms with Gasteiger partial charge in [0.05, 0.1) is 0 Å². The van der Waals surface area contributed by atoms with Crippen molar-refractivity contribution in [3.8, 4) is 0 Å². The van der Waals surface area contributed by atoms with Gasteiger partial charge >= 0.3 is 5.97 Å². The van der Waals surface area contributed by atoms with Gasteiger partial charge in [0, 0.05) is 6.61 Å². The number of hydrogen-bond donors (Lipinski definition) is 1. The smallest absolute Gasteiger partial charge is 0.343 e. The Morgan fingerprint density at radius 2 is 2.25 bits per heavy atom. The molecule has 0 amide bonds. The second-order valence-electron chi connectivity index (χ2n) is 2.35. The molecule has 0 spiro atoms. The van der Waals surface area contributed by atoms with Crippen LogP contribution in [0.5, 0.6) is 0 Å². The Morgan fingerprint density at radius 3 is 2.67 bits per heavy atom. The van der Waals surface area contributed by atoms with Gasteiger partial charge in [0.2, 0.25) is 0 Å². The molecule has 72 valence electrons. The third kappa shape index (κ3) is 5.43. The number of ether oxygens (including phenoxy) is 1. The van der Waals surface area contributed by atoms with Crippen LogP contribution in [0.15, 0.2) is 0 Å². The van der Waals surface area contributed by atoms with E-state index in [2.05, 4.69) is 0 Å². The van der Waals surface area contributed by atoms with E-state index in [1.54, 1.807) is 0 Å². The number of thioether (sulfide) groups is 1. The summed E-state index contributed by atoms with van der Waals surface area (Å²) in [5, 5.41) is 8.66. The summed E-state index contributed by atoms with van der Waals surface area (Å²) in [6.45, 7) is 4.51. The first kappa shape index (κ1) is 11.8. The zero-order valence-electron chi connectivity index (χ0n) is 7.58. The molecule has 0 rings (SSSR count). The standard InChI is InChI=1S/C8H16O3S/c1-3-5-6-11-8(7(9)10)12-4-2/h8H,3-6H2,1-2H3,(H,9,10). The first-order valence-corrected chi connectivity index (χ1v) is 5.23. The van der Waals surface area contributed by atoms with E-state index in [0.29, 0.717) is 6.61 Å². The van der Waals surface area contributed by atoms with Gasteiger partial charge in [0.25, 0.3) is 0 Å². The molecule has 1 N–H and O–H groups in total. The Kier molecular flexibility index (Phi) is 7.29. The van der Waals surface area contributed by atoms with Gasteiger partial charge in [-0.05, 0) is 12.2 Å². The highest BCUT2D eigenvalue weighted by atomic mass is 32.2. The summed E-state index contributed by atoms with van der Waals surface area (Å²) >= 11 is 1.31. The molecule has 0 aliphatic heterocycles. The van der Waals surface area contributed by atoms with E-state index < -0.39 is 11.4 Å². The van der Waals surface area contributed by atoms with Crippen molar-refractivity contribution >= 4 is 17.7 Å². The van der Waals surface area contributed by atoms with Crippen molar-refractivity contribution in [2.45, 2.75) is 32.1 Å². The lowest BCUT2D eigenvalue weighted by Crippen LogP contribution is -2.20. The zero-order valence-corrected chi connectivity index (χ0v) is 8.39. The molecule has 0 aliphatic carbocycles. The molecule has 0 heterocycles. The summed E-state index contributed by atoms with van der Waals surface area (Å²) in [7, 11) is 0. The maximum Gasteiger partial charge on any atom is 0.343 e. The van der Waals surface area contributed by atoms with E-state index >= 15 is 0 Å². The number of unbranched alkanes of at least 4 members (excludes halogenated alkanes) is 1. The number of carboxylic acid groups (broad SMARTS) is 1. The summed E-state index contributed by atoms with van der Waals surface area (Å²) in [6.07, 6.45) is 1.96. The van der Waals surface area contributed by atoms with Gasteiger partial charge in [-0.1, -0.05) is 20.3 Å². The van der Waals surface area contributed by atoms with Gasteiger partial charge in [0.15, 0.2) is 5.44 Å². The fourth-order valence-corrected chi connectivity index (χ4v) is 1.31. The molecule has 0 aromatic rings. The molecule has 0 saturated heterocycles. The Bertz CT molecular complexity index is 127.